The lowest BCUT2D eigenvalue weighted by Gasteiger charge is -2.37. The Balaban J connectivity index is 1.55. The van der Waals surface area contributed by atoms with Gasteiger partial charge in [-0.05, 0) is 18.2 Å². The summed E-state index contributed by atoms with van der Waals surface area (Å²) in [6.07, 6.45) is 5.02. The summed E-state index contributed by atoms with van der Waals surface area (Å²) in [5, 5.41) is 9.58. The van der Waals surface area contributed by atoms with Crippen LogP contribution in [-0.2, 0) is 4.74 Å². The molecule has 2 aromatic rings. The maximum absolute atomic E-state index is 12.7. The molecular formula is C17H18N4O3. The number of morpholine rings is 1. The highest BCUT2D eigenvalue weighted by atomic mass is 16.5. The maximum Gasteiger partial charge on any atom is 0.254 e. The van der Waals surface area contributed by atoms with Gasteiger partial charge in [0.2, 0.25) is 0 Å². The predicted molar refractivity (Wildman–Crippen MR) is 86.9 cm³/mol. The van der Waals surface area contributed by atoms with Crippen molar-refractivity contribution >= 4 is 11.7 Å². The number of phenols is 1. The number of nitrogens with zero attached hydrogens (tertiary/aromatic N) is 4. The molecule has 1 aromatic carbocycles. The average molecular weight is 326 g/mol. The number of aromatic hydroxyl groups is 1. The van der Waals surface area contributed by atoms with Crippen LogP contribution < -0.4 is 4.90 Å². The molecule has 2 atom stereocenters. The lowest BCUT2D eigenvalue weighted by Crippen LogP contribution is -2.51. The molecule has 7 nitrogen and oxygen atoms in total. The standard InChI is InChI=1S/C17H18N4O3/c22-13-3-1-2-12(8-13)17(23)20-10-14-15(11-20)24-7-6-21(14)16-9-18-4-5-19-16/h1-5,8-9,14-15,22H,6-7,10-11H2/t14-,15+/m1/s1. The molecule has 0 radical (unpaired) electrons. The number of fused-ring (bicyclic) bond motifs is 1. The SMILES string of the molecule is O=C(c1cccc(O)c1)N1C[C@@H]2OCCN(c3cnccn3)[C@@H]2C1. The minimum absolute atomic E-state index is 0.0398. The second-order valence-corrected chi connectivity index (χ2v) is 5.99. The second kappa shape index (κ2) is 6.09. The van der Waals surface area contributed by atoms with E-state index >= 15 is 0 Å². The first kappa shape index (κ1) is 14.9. The first-order valence-corrected chi connectivity index (χ1v) is 7.95. The van der Waals surface area contributed by atoms with Crippen LogP contribution in [0.15, 0.2) is 42.9 Å². The molecular weight excluding hydrogens is 308 g/mol. The average Bonchev–Trinajstić information content (AvgIpc) is 3.06. The zero-order valence-electron chi connectivity index (χ0n) is 13.1. The van der Waals surface area contributed by atoms with E-state index < -0.39 is 0 Å². The van der Waals surface area contributed by atoms with E-state index in [2.05, 4.69) is 14.9 Å². The number of hydrogen-bond donors (Lipinski definition) is 1. The summed E-state index contributed by atoms with van der Waals surface area (Å²) in [7, 11) is 0. The van der Waals surface area contributed by atoms with Gasteiger partial charge < -0.3 is 19.6 Å². The summed E-state index contributed by atoms with van der Waals surface area (Å²) < 4.78 is 5.86. The molecule has 0 spiro atoms. The van der Waals surface area contributed by atoms with Crippen LogP contribution in [0.5, 0.6) is 5.75 Å². The van der Waals surface area contributed by atoms with E-state index in [-0.39, 0.29) is 23.8 Å². The van der Waals surface area contributed by atoms with E-state index in [1.165, 1.54) is 6.07 Å². The van der Waals surface area contributed by atoms with E-state index in [1.54, 1.807) is 41.7 Å². The van der Waals surface area contributed by atoms with Crippen LogP contribution in [0.4, 0.5) is 5.82 Å². The third kappa shape index (κ3) is 2.67. The Morgan fingerprint density at radius 1 is 1.29 bits per heavy atom. The molecule has 0 saturated carbocycles. The number of benzene rings is 1. The number of ether oxygens (including phenoxy) is 1. The number of phenolic OH excluding ortho intramolecular Hbond substituents is 1. The number of amides is 1. The van der Waals surface area contributed by atoms with Crippen molar-refractivity contribution in [2.24, 2.45) is 0 Å². The van der Waals surface area contributed by atoms with Gasteiger partial charge in [0.15, 0.2) is 0 Å². The van der Waals surface area contributed by atoms with Crippen LogP contribution in [-0.4, -0.2) is 64.3 Å². The molecule has 3 heterocycles. The molecule has 1 amide bonds. The summed E-state index contributed by atoms with van der Waals surface area (Å²) in [5.74, 6) is 0.806. The molecule has 24 heavy (non-hydrogen) atoms. The van der Waals surface area contributed by atoms with Gasteiger partial charge in [0.1, 0.15) is 11.6 Å². The molecule has 2 aliphatic rings. The van der Waals surface area contributed by atoms with E-state index in [9.17, 15) is 9.90 Å². The van der Waals surface area contributed by atoms with Gasteiger partial charge in [-0.25, -0.2) is 4.98 Å². The van der Waals surface area contributed by atoms with Gasteiger partial charge in [0.05, 0.1) is 24.9 Å². The minimum Gasteiger partial charge on any atom is -0.508 e. The van der Waals surface area contributed by atoms with Gasteiger partial charge >= 0.3 is 0 Å². The Labute approximate surface area is 139 Å². The fourth-order valence-electron chi connectivity index (χ4n) is 3.40. The zero-order valence-corrected chi connectivity index (χ0v) is 13.1. The van der Waals surface area contributed by atoms with Crippen LogP contribution in [0.3, 0.4) is 0 Å². The van der Waals surface area contributed by atoms with Crippen LogP contribution in [0.25, 0.3) is 0 Å². The summed E-state index contributed by atoms with van der Waals surface area (Å²) in [4.78, 5) is 25.1. The van der Waals surface area contributed by atoms with E-state index in [1.807, 2.05) is 0 Å². The fraction of sp³-hybridized carbons (Fsp3) is 0.353. The predicted octanol–water partition coefficient (Wildman–Crippen LogP) is 0.912. The highest BCUT2D eigenvalue weighted by Crippen LogP contribution is 2.27. The van der Waals surface area contributed by atoms with Gasteiger partial charge in [-0.2, -0.15) is 0 Å². The number of likely N-dealkylation sites (tertiary alicyclic amines) is 1. The van der Waals surface area contributed by atoms with Crippen molar-refractivity contribution in [3.8, 4) is 5.75 Å². The monoisotopic (exact) mass is 326 g/mol. The molecule has 0 bridgehead atoms. The Morgan fingerprint density at radius 3 is 3.00 bits per heavy atom. The molecule has 4 rings (SSSR count). The molecule has 1 aromatic heterocycles. The first-order chi connectivity index (χ1) is 11.7. The number of aromatic nitrogens is 2. The molecule has 2 fully saturated rings. The molecule has 2 aliphatic heterocycles. The Bertz CT molecular complexity index is 740. The van der Waals surface area contributed by atoms with Crippen LogP contribution in [0, 0.1) is 0 Å². The van der Waals surface area contributed by atoms with E-state index in [0.29, 0.717) is 25.3 Å². The van der Waals surface area contributed by atoms with Crippen molar-refractivity contribution in [2.75, 3.05) is 31.1 Å². The number of hydrogen-bond acceptors (Lipinski definition) is 6. The first-order valence-electron chi connectivity index (χ1n) is 7.95. The van der Waals surface area contributed by atoms with Crippen molar-refractivity contribution in [1.82, 2.24) is 14.9 Å². The Kier molecular flexibility index (Phi) is 3.78. The van der Waals surface area contributed by atoms with Crippen molar-refractivity contribution in [3.05, 3.63) is 48.4 Å². The third-order valence-corrected chi connectivity index (χ3v) is 4.53. The third-order valence-electron chi connectivity index (χ3n) is 4.53. The van der Waals surface area contributed by atoms with Gasteiger partial charge in [-0.15, -0.1) is 0 Å². The van der Waals surface area contributed by atoms with Crippen molar-refractivity contribution in [3.63, 3.8) is 0 Å². The Hall–Kier alpha value is -2.67. The summed E-state index contributed by atoms with van der Waals surface area (Å²) in [5.41, 5.74) is 0.486. The maximum atomic E-state index is 12.7. The highest BCUT2D eigenvalue weighted by molar-refractivity contribution is 5.95. The molecule has 0 aliphatic carbocycles. The van der Waals surface area contributed by atoms with Crippen LogP contribution in [0.2, 0.25) is 0 Å². The van der Waals surface area contributed by atoms with Crippen LogP contribution in [0.1, 0.15) is 10.4 Å². The largest absolute Gasteiger partial charge is 0.508 e. The van der Waals surface area contributed by atoms with Crippen LogP contribution >= 0.6 is 0 Å². The lowest BCUT2D eigenvalue weighted by atomic mass is 10.1. The molecule has 124 valence electrons. The van der Waals surface area contributed by atoms with Gasteiger partial charge in [-0.3, -0.25) is 9.78 Å². The number of rotatable bonds is 2. The van der Waals surface area contributed by atoms with E-state index in [0.717, 1.165) is 12.4 Å². The second-order valence-electron chi connectivity index (χ2n) is 5.99. The fourth-order valence-corrected chi connectivity index (χ4v) is 3.40. The summed E-state index contributed by atoms with van der Waals surface area (Å²) in [6.45, 7) is 2.44. The topological polar surface area (TPSA) is 78.8 Å². The molecule has 0 unspecified atom stereocenters. The van der Waals surface area contributed by atoms with Gasteiger partial charge in [0.25, 0.3) is 5.91 Å². The van der Waals surface area contributed by atoms with Gasteiger partial charge in [0, 0.05) is 37.6 Å². The Morgan fingerprint density at radius 2 is 2.21 bits per heavy atom. The summed E-state index contributed by atoms with van der Waals surface area (Å²) in [6, 6.07) is 6.50. The highest BCUT2D eigenvalue weighted by Gasteiger charge is 2.42. The summed E-state index contributed by atoms with van der Waals surface area (Å²) >= 11 is 0. The molecule has 1 N–H and O–H groups in total. The van der Waals surface area contributed by atoms with Crippen molar-refractivity contribution < 1.29 is 14.6 Å². The van der Waals surface area contributed by atoms with Crippen molar-refractivity contribution in [1.29, 1.82) is 0 Å². The molecule has 7 heteroatoms. The minimum atomic E-state index is -0.0944. The normalized spacial score (nSPS) is 23.2. The van der Waals surface area contributed by atoms with Crippen molar-refractivity contribution in [2.45, 2.75) is 12.1 Å². The zero-order chi connectivity index (χ0) is 16.5. The number of carbonyl (C=O) groups is 1. The lowest BCUT2D eigenvalue weighted by molar-refractivity contribution is 0.0299. The smallest absolute Gasteiger partial charge is 0.254 e. The molecule has 2 saturated heterocycles. The number of carbonyl (C=O) groups excluding carboxylic acids is 1. The number of anilines is 1. The van der Waals surface area contributed by atoms with Gasteiger partial charge in [-0.1, -0.05) is 6.07 Å². The quantitative estimate of drug-likeness (QED) is 0.884. The van der Waals surface area contributed by atoms with E-state index in [4.69, 9.17) is 4.74 Å².